The van der Waals surface area contributed by atoms with E-state index in [0.717, 1.165) is 56.2 Å². The first-order chi connectivity index (χ1) is 18.8. The fraction of sp³-hybridized carbons (Fsp3) is 0.407. The zero-order valence-electron chi connectivity index (χ0n) is 22.1. The first kappa shape index (κ1) is 28.2. The molecule has 2 aromatic heterocycles. The van der Waals surface area contributed by atoms with E-state index in [9.17, 15) is 18.0 Å². The SMILES string of the molecule is CS(=O)(=O)Nc1ccnn1CCNC(=O)c1ccc2c(c1)CNCCCCCCCN2C(=O)c1ccncc1. The molecule has 0 saturated carbocycles. The lowest BCUT2D eigenvalue weighted by Gasteiger charge is -2.27. The molecule has 12 heteroatoms. The molecule has 1 aliphatic rings. The topological polar surface area (TPSA) is 138 Å². The zero-order chi connectivity index (χ0) is 27.7. The number of carbonyl (C=O) groups excluding carboxylic acids is 2. The van der Waals surface area contributed by atoms with E-state index in [0.29, 0.717) is 30.0 Å². The summed E-state index contributed by atoms with van der Waals surface area (Å²) in [5.74, 6) is -0.0251. The van der Waals surface area contributed by atoms with Crippen molar-refractivity contribution < 1.29 is 18.0 Å². The van der Waals surface area contributed by atoms with Crippen molar-refractivity contribution in [3.05, 3.63) is 71.7 Å². The normalized spacial score (nSPS) is 14.9. The van der Waals surface area contributed by atoms with Crippen LogP contribution in [0.2, 0.25) is 0 Å². The number of hydrogen-bond acceptors (Lipinski definition) is 7. The highest BCUT2D eigenvalue weighted by atomic mass is 32.2. The van der Waals surface area contributed by atoms with Crippen LogP contribution in [0.1, 0.15) is 58.4 Å². The fourth-order valence-electron chi connectivity index (χ4n) is 4.55. The third-order valence-electron chi connectivity index (χ3n) is 6.47. The number of sulfonamides is 1. The van der Waals surface area contributed by atoms with Crippen LogP contribution in [0.3, 0.4) is 0 Å². The number of nitrogens with one attached hydrogen (secondary N) is 3. The molecule has 0 bridgehead atoms. The van der Waals surface area contributed by atoms with Crippen LogP contribution in [-0.2, 0) is 23.1 Å². The molecule has 0 atom stereocenters. The van der Waals surface area contributed by atoms with Crippen LogP contribution >= 0.6 is 0 Å². The molecule has 0 aliphatic carbocycles. The second-order valence-electron chi connectivity index (χ2n) is 9.55. The molecule has 3 heterocycles. The van der Waals surface area contributed by atoms with Crippen molar-refractivity contribution in [2.45, 2.75) is 45.2 Å². The van der Waals surface area contributed by atoms with E-state index in [1.54, 1.807) is 36.7 Å². The van der Waals surface area contributed by atoms with Gasteiger partial charge in [0.15, 0.2) is 0 Å². The molecule has 208 valence electrons. The second-order valence-corrected chi connectivity index (χ2v) is 11.3. The maximum Gasteiger partial charge on any atom is 0.258 e. The van der Waals surface area contributed by atoms with Gasteiger partial charge in [0, 0.05) is 54.9 Å². The third kappa shape index (κ3) is 8.11. The van der Waals surface area contributed by atoms with Crippen molar-refractivity contribution in [3.63, 3.8) is 0 Å². The monoisotopic (exact) mass is 553 g/mol. The van der Waals surface area contributed by atoms with E-state index in [1.807, 2.05) is 17.0 Å². The number of carbonyl (C=O) groups is 2. The van der Waals surface area contributed by atoms with E-state index >= 15 is 0 Å². The van der Waals surface area contributed by atoms with E-state index in [1.165, 1.54) is 10.9 Å². The van der Waals surface area contributed by atoms with Gasteiger partial charge in [-0.15, -0.1) is 0 Å². The lowest BCUT2D eigenvalue weighted by molar-refractivity contribution is 0.0950. The average Bonchev–Trinajstić information content (AvgIpc) is 3.34. The minimum absolute atomic E-state index is 0.0920. The van der Waals surface area contributed by atoms with Gasteiger partial charge in [0.2, 0.25) is 10.0 Å². The highest BCUT2D eigenvalue weighted by molar-refractivity contribution is 7.92. The van der Waals surface area contributed by atoms with Gasteiger partial charge < -0.3 is 15.5 Å². The first-order valence-corrected chi connectivity index (χ1v) is 15.0. The zero-order valence-corrected chi connectivity index (χ0v) is 22.9. The van der Waals surface area contributed by atoms with Crippen molar-refractivity contribution in [3.8, 4) is 0 Å². The lowest BCUT2D eigenvalue weighted by Crippen LogP contribution is -2.34. The number of anilines is 2. The van der Waals surface area contributed by atoms with Crippen LogP contribution in [0.4, 0.5) is 11.5 Å². The molecule has 11 nitrogen and oxygen atoms in total. The number of hydrogen-bond donors (Lipinski definition) is 3. The van der Waals surface area contributed by atoms with Gasteiger partial charge in [-0.25, -0.2) is 13.1 Å². The van der Waals surface area contributed by atoms with Crippen LogP contribution in [0.15, 0.2) is 55.0 Å². The van der Waals surface area contributed by atoms with Crippen LogP contribution in [0.25, 0.3) is 0 Å². The number of pyridine rings is 1. The van der Waals surface area contributed by atoms with E-state index in [-0.39, 0.29) is 24.9 Å². The van der Waals surface area contributed by atoms with Crippen LogP contribution in [0, 0.1) is 0 Å². The van der Waals surface area contributed by atoms with Gasteiger partial charge >= 0.3 is 0 Å². The summed E-state index contributed by atoms with van der Waals surface area (Å²) >= 11 is 0. The highest BCUT2D eigenvalue weighted by Crippen LogP contribution is 2.26. The predicted molar refractivity (Wildman–Crippen MR) is 150 cm³/mol. The summed E-state index contributed by atoms with van der Waals surface area (Å²) in [6, 6.07) is 10.4. The summed E-state index contributed by atoms with van der Waals surface area (Å²) in [5, 5.41) is 10.5. The van der Waals surface area contributed by atoms with Gasteiger partial charge in [-0.05, 0) is 55.3 Å². The largest absolute Gasteiger partial charge is 0.350 e. The van der Waals surface area contributed by atoms with Crippen molar-refractivity contribution in [1.82, 2.24) is 25.4 Å². The molecule has 0 unspecified atom stereocenters. The summed E-state index contributed by atoms with van der Waals surface area (Å²) in [6.45, 7) is 2.53. The van der Waals surface area contributed by atoms with Crippen molar-refractivity contribution in [2.75, 3.05) is 35.5 Å². The van der Waals surface area contributed by atoms with Gasteiger partial charge in [0.05, 0.1) is 19.0 Å². The molecule has 0 fully saturated rings. The van der Waals surface area contributed by atoms with Gasteiger partial charge in [-0.1, -0.05) is 19.3 Å². The van der Waals surface area contributed by atoms with Crippen molar-refractivity contribution in [2.24, 2.45) is 0 Å². The molecule has 0 spiro atoms. The molecule has 0 saturated heterocycles. The Balaban J connectivity index is 1.51. The smallest absolute Gasteiger partial charge is 0.258 e. The molecule has 1 aliphatic heterocycles. The van der Waals surface area contributed by atoms with E-state index in [2.05, 4.69) is 25.4 Å². The van der Waals surface area contributed by atoms with E-state index in [4.69, 9.17) is 0 Å². The second kappa shape index (κ2) is 13.3. The van der Waals surface area contributed by atoms with Gasteiger partial charge in [0.25, 0.3) is 11.8 Å². The third-order valence-corrected chi connectivity index (χ3v) is 7.05. The van der Waals surface area contributed by atoms with Gasteiger partial charge in [0.1, 0.15) is 5.82 Å². The Morgan fingerprint density at radius 1 is 0.974 bits per heavy atom. The molecule has 3 N–H and O–H groups in total. The molecule has 0 radical (unpaired) electrons. The van der Waals surface area contributed by atoms with Crippen molar-refractivity contribution >= 4 is 33.3 Å². The average molecular weight is 554 g/mol. The van der Waals surface area contributed by atoms with Crippen LogP contribution in [-0.4, -0.2) is 60.9 Å². The van der Waals surface area contributed by atoms with Gasteiger partial charge in [-0.3, -0.25) is 19.3 Å². The molecule has 2 amide bonds. The predicted octanol–water partition coefficient (Wildman–Crippen LogP) is 2.78. The van der Waals surface area contributed by atoms with Crippen LogP contribution in [0.5, 0.6) is 0 Å². The Hall–Kier alpha value is -3.77. The van der Waals surface area contributed by atoms with Gasteiger partial charge in [-0.2, -0.15) is 5.10 Å². The van der Waals surface area contributed by atoms with Crippen molar-refractivity contribution in [1.29, 1.82) is 0 Å². The summed E-state index contributed by atoms with van der Waals surface area (Å²) in [7, 11) is -3.44. The number of fused-ring (bicyclic) bond motifs is 1. The molecule has 4 rings (SSSR count). The fourth-order valence-corrected chi connectivity index (χ4v) is 5.10. The maximum absolute atomic E-state index is 13.5. The quantitative estimate of drug-likeness (QED) is 0.409. The molecule has 39 heavy (non-hydrogen) atoms. The number of amides is 2. The number of aromatic nitrogens is 3. The maximum atomic E-state index is 13.5. The number of nitrogens with zero attached hydrogens (tertiary/aromatic N) is 4. The molecular weight excluding hydrogens is 518 g/mol. The van der Waals surface area contributed by atoms with E-state index < -0.39 is 10.0 Å². The summed E-state index contributed by atoms with van der Waals surface area (Å²) in [6.07, 6.45) is 11.1. The first-order valence-electron chi connectivity index (χ1n) is 13.2. The Kier molecular flexibility index (Phi) is 9.66. The number of rotatable bonds is 7. The molecule has 3 aromatic rings. The summed E-state index contributed by atoms with van der Waals surface area (Å²) in [5.41, 5.74) is 2.71. The molecule has 1 aromatic carbocycles. The molecular formula is C27H35N7O4S. The summed E-state index contributed by atoms with van der Waals surface area (Å²) < 4.78 is 27.0. The Labute approximate surface area is 229 Å². The Morgan fingerprint density at radius 2 is 1.74 bits per heavy atom. The lowest BCUT2D eigenvalue weighted by atomic mass is 10.0. The summed E-state index contributed by atoms with van der Waals surface area (Å²) in [4.78, 5) is 32.4. The minimum atomic E-state index is -3.44. The Bertz CT molecular complexity index is 1380. The van der Waals surface area contributed by atoms with Crippen LogP contribution < -0.4 is 20.3 Å². The number of benzene rings is 1. The highest BCUT2D eigenvalue weighted by Gasteiger charge is 2.22. The minimum Gasteiger partial charge on any atom is -0.350 e. The Morgan fingerprint density at radius 3 is 2.54 bits per heavy atom. The standard InChI is InChI=1S/C27H35N7O4S/c1-39(37,38)32-25-11-15-31-34(25)18-16-30-26(35)22-7-8-24-23(19-22)20-29-12-5-3-2-4-6-17-33(24)27(36)21-9-13-28-14-10-21/h7-11,13-15,19,29,32H,2-6,12,16-18,20H2,1H3,(H,30,35).